The first-order chi connectivity index (χ1) is 11.7. The van der Waals surface area contributed by atoms with Crippen LogP contribution in [0.3, 0.4) is 0 Å². The van der Waals surface area contributed by atoms with Crippen molar-refractivity contribution in [3.05, 3.63) is 32.8 Å². The number of benzene rings is 1. The molecule has 1 heterocycles. The summed E-state index contributed by atoms with van der Waals surface area (Å²) in [5.41, 5.74) is -0.548. The molecule has 0 aliphatic carbocycles. The van der Waals surface area contributed by atoms with Crippen molar-refractivity contribution in [1.29, 1.82) is 0 Å². The highest BCUT2D eigenvalue weighted by atomic mass is 79.9. The van der Waals surface area contributed by atoms with Gasteiger partial charge in [-0.2, -0.15) is 0 Å². The number of piperidine rings is 1. The number of hydrogen-bond donors (Lipinski definition) is 0. The van der Waals surface area contributed by atoms with E-state index >= 15 is 0 Å². The van der Waals surface area contributed by atoms with E-state index in [4.69, 9.17) is 9.47 Å². The number of rotatable bonds is 4. The van der Waals surface area contributed by atoms with E-state index in [0.717, 1.165) is 19.3 Å². The van der Waals surface area contributed by atoms with Gasteiger partial charge in [-0.3, -0.25) is 10.1 Å². The van der Waals surface area contributed by atoms with Crippen LogP contribution in [0.15, 0.2) is 22.7 Å². The number of halogens is 1. The topological polar surface area (TPSA) is 81.9 Å². The summed E-state index contributed by atoms with van der Waals surface area (Å²) in [6.45, 7) is 6.48. The monoisotopic (exact) mass is 414 g/mol. The van der Waals surface area contributed by atoms with E-state index < -0.39 is 10.5 Å². The molecule has 1 amide bonds. The summed E-state index contributed by atoms with van der Waals surface area (Å²) in [5, 5.41) is 10.8. The lowest BCUT2D eigenvalue weighted by Gasteiger charge is -2.36. The van der Waals surface area contributed by atoms with Crippen molar-refractivity contribution in [2.24, 2.45) is 0 Å². The minimum atomic E-state index is -0.540. The number of amides is 1. The second-order valence-corrected chi connectivity index (χ2v) is 7.86. The molecular weight excluding hydrogens is 392 g/mol. The number of likely N-dealkylation sites (tertiary alicyclic amines) is 1. The summed E-state index contributed by atoms with van der Waals surface area (Å²) < 4.78 is 11.8. The van der Waals surface area contributed by atoms with Crippen molar-refractivity contribution in [1.82, 2.24) is 4.90 Å². The predicted molar refractivity (Wildman–Crippen MR) is 96.9 cm³/mol. The highest BCUT2D eigenvalue weighted by Crippen LogP contribution is 2.30. The predicted octanol–water partition coefficient (Wildman–Crippen LogP) is 4.53. The highest BCUT2D eigenvalue weighted by molar-refractivity contribution is 9.10. The molecule has 1 aliphatic rings. The van der Waals surface area contributed by atoms with Crippen molar-refractivity contribution in [3.63, 3.8) is 0 Å². The third-order valence-corrected chi connectivity index (χ3v) is 4.43. The Bertz CT molecular complexity index is 644. The Labute approximate surface area is 155 Å². The second kappa shape index (κ2) is 8.03. The average Bonchev–Trinajstić information content (AvgIpc) is 2.52. The van der Waals surface area contributed by atoms with Gasteiger partial charge >= 0.3 is 6.09 Å². The van der Waals surface area contributed by atoms with Crippen LogP contribution in [0.1, 0.15) is 40.0 Å². The van der Waals surface area contributed by atoms with Crippen molar-refractivity contribution in [3.8, 4) is 5.75 Å². The lowest BCUT2D eigenvalue weighted by Crippen LogP contribution is -2.48. The maximum atomic E-state index is 12.4. The van der Waals surface area contributed by atoms with Crippen molar-refractivity contribution in [2.45, 2.75) is 51.7 Å². The summed E-state index contributed by atoms with van der Waals surface area (Å²) in [6.07, 6.45) is 2.47. The number of nitro groups is 1. The molecule has 1 fully saturated rings. The number of non-ortho nitro benzene ring substituents is 1. The molecule has 8 heteroatoms. The number of nitrogens with zero attached hydrogens (tertiary/aromatic N) is 2. The van der Waals surface area contributed by atoms with Gasteiger partial charge in [0, 0.05) is 18.7 Å². The minimum absolute atomic E-state index is 0.00715. The van der Waals surface area contributed by atoms with Crippen LogP contribution in [0.2, 0.25) is 0 Å². The molecule has 1 saturated heterocycles. The summed E-state index contributed by atoms with van der Waals surface area (Å²) >= 11 is 3.29. The first-order valence-electron chi connectivity index (χ1n) is 8.24. The standard InChI is InChI=1S/C17H23BrN2O5/c1-17(2,3)25-16(21)19-9-5-4-6-13(19)11-24-15-8-7-12(20(22)23)10-14(15)18/h7-8,10,13H,4-6,9,11H2,1-3H3/t13-/m1/s1. The Kier molecular flexibility index (Phi) is 6.26. The lowest BCUT2D eigenvalue weighted by molar-refractivity contribution is -0.385. The van der Waals surface area contributed by atoms with Gasteiger partial charge in [0.05, 0.1) is 15.4 Å². The van der Waals surface area contributed by atoms with Gasteiger partial charge in [-0.05, 0) is 62.0 Å². The summed E-state index contributed by atoms with van der Waals surface area (Å²) in [4.78, 5) is 24.4. The quantitative estimate of drug-likeness (QED) is 0.533. The van der Waals surface area contributed by atoms with Crippen LogP contribution in [0, 0.1) is 10.1 Å². The minimum Gasteiger partial charge on any atom is -0.490 e. The van der Waals surface area contributed by atoms with E-state index in [-0.39, 0.29) is 17.8 Å². The van der Waals surface area contributed by atoms with E-state index in [1.165, 1.54) is 12.1 Å². The number of carbonyl (C=O) groups is 1. The number of carbonyl (C=O) groups excluding carboxylic acids is 1. The van der Waals surface area contributed by atoms with Crippen molar-refractivity contribution >= 4 is 27.7 Å². The summed E-state index contributed by atoms with van der Waals surface area (Å²) in [6, 6.07) is 4.28. The highest BCUT2D eigenvalue weighted by Gasteiger charge is 2.31. The van der Waals surface area contributed by atoms with Crippen molar-refractivity contribution < 1.29 is 19.2 Å². The zero-order chi connectivity index (χ0) is 18.6. The Morgan fingerprint density at radius 3 is 2.72 bits per heavy atom. The molecule has 0 N–H and O–H groups in total. The van der Waals surface area contributed by atoms with Crippen LogP contribution in [0.5, 0.6) is 5.75 Å². The first-order valence-corrected chi connectivity index (χ1v) is 9.03. The fourth-order valence-electron chi connectivity index (χ4n) is 2.64. The molecule has 1 atom stereocenters. The number of nitro benzene ring substituents is 1. The number of hydrogen-bond acceptors (Lipinski definition) is 5. The van der Waals surface area contributed by atoms with Crippen LogP contribution in [-0.2, 0) is 4.74 Å². The third kappa shape index (κ3) is 5.59. The zero-order valence-corrected chi connectivity index (χ0v) is 16.2. The Hall–Kier alpha value is -1.83. The smallest absolute Gasteiger partial charge is 0.410 e. The molecule has 0 bridgehead atoms. The molecule has 0 radical (unpaired) electrons. The van der Waals surface area contributed by atoms with Gasteiger partial charge in [-0.25, -0.2) is 4.79 Å². The Morgan fingerprint density at radius 2 is 2.12 bits per heavy atom. The summed E-state index contributed by atoms with van der Waals surface area (Å²) in [5.74, 6) is 0.514. The third-order valence-electron chi connectivity index (χ3n) is 3.81. The van der Waals surface area contributed by atoms with E-state index in [2.05, 4.69) is 15.9 Å². The van der Waals surface area contributed by atoms with E-state index in [0.29, 0.717) is 23.4 Å². The number of ether oxygens (including phenoxy) is 2. The molecule has 7 nitrogen and oxygen atoms in total. The van der Waals surface area contributed by atoms with Gasteiger partial charge in [0.25, 0.3) is 5.69 Å². The average molecular weight is 415 g/mol. The molecule has 25 heavy (non-hydrogen) atoms. The zero-order valence-electron chi connectivity index (χ0n) is 14.7. The van der Waals surface area contributed by atoms with Gasteiger partial charge in [-0.15, -0.1) is 0 Å². The van der Waals surface area contributed by atoms with Crippen LogP contribution in [-0.4, -0.2) is 40.7 Å². The lowest BCUT2D eigenvalue weighted by atomic mass is 10.0. The normalized spacial score (nSPS) is 17.9. The fourth-order valence-corrected chi connectivity index (χ4v) is 3.12. The molecular formula is C17H23BrN2O5. The van der Waals surface area contributed by atoms with Crippen molar-refractivity contribution in [2.75, 3.05) is 13.2 Å². The Morgan fingerprint density at radius 1 is 1.40 bits per heavy atom. The molecule has 1 aromatic rings. The van der Waals surface area contributed by atoms with Gasteiger partial charge in [0.2, 0.25) is 0 Å². The van der Waals surface area contributed by atoms with Gasteiger partial charge < -0.3 is 14.4 Å². The van der Waals surface area contributed by atoms with Crippen LogP contribution in [0.4, 0.5) is 10.5 Å². The van der Waals surface area contributed by atoms with Gasteiger partial charge in [-0.1, -0.05) is 0 Å². The van der Waals surface area contributed by atoms with Crippen LogP contribution >= 0.6 is 15.9 Å². The van der Waals surface area contributed by atoms with E-state index in [1.54, 1.807) is 11.0 Å². The second-order valence-electron chi connectivity index (χ2n) is 7.01. The summed E-state index contributed by atoms with van der Waals surface area (Å²) in [7, 11) is 0. The molecule has 0 saturated carbocycles. The van der Waals surface area contributed by atoms with Gasteiger partial charge in [0.1, 0.15) is 18.0 Å². The van der Waals surface area contributed by atoms with E-state index in [1.807, 2.05) is 20.8 Å². The molecule has 0 spiro atoms. The molecule has 138 valence electrons. The molecule has 0 unspecified atom stereocenters. The van der Waals surface area contributed by atoms with Crippen LogP contribution in [0.25, 0.3) is 0 Å². The maximum absolute atomic E-state index is 12.4. The molecule has 1 aromatic carbocycles. The first kappa shape index (κ1) is 19.5. The SMILES string of the molecule is CC(C)(C)OC(=O)N1CCCC[C@@H]1COc1ccc([N+](=O)[O-])cc1Br. The van der Waals surface area contributed by atoms with Gasteiger partial charge in [0.15, 0.2) is 0 Å². The molecule has 1 aliphatic heterocycles. The largest absolute Gasteiger partial charge is 0.490 e. The molecule has 2 rings (SSSR count). The maximum Gasteiger partial charge on any atom is 0.410 e. The Balaban J connectivity index is 2.02. The van der Waals surface area contributed by atoms with E-state index in [9.17, 15) is 14.9 Å². The molecule has 0 aromatic heterocycles. The van der Waals surface area contributed by atoms with Crippen LogP contribution < -0.4 is 4.74 Å². The fraction of sp³-hybridized carbons (Fsp3) is 0.588.